The van der Waals surface area contributed by atoms with Gasteiger partial charge in [0.05, 0.1) is 0 Å². The van der Waals surface area contributed by atoms with Gasteiger partial charge >= 0.3 is 0 Å². The second-order valence-corrected chi connectivity index (χ2v) is 21.8. The third-order valence-corrected chi connectivity index (χ3v) is 14.6. The van der Waals surface area contributed by atoms with E-state index in [1.165, 1.54) is 257 Å². The van der Waals surface area contributed by atoms with Crippen LogP contribution in [0, 0.1) is 0 Å². The summed E-state index contributed by atoms with van der Waals surface area (Å²) in [5.41, 5.74) is 0. The molecular weight excluding hydrogens is 905 g/mol. The largest absolute Gasteiger partial charge is 0.353 e. The van der Waals surface area contributed by atoms with Crippen LogP contribution in [-0.4, -0.2) is 65.8 Å². The van der Waals surface area contributed by atoms with Gasteiger partial charge in [-0.3, -0.25) is 0 Å². The zero-order valence-electron chi connectivity index (χ0n) is 50.2. The van der Waals surface area contributed by atoms with E-state index in [1.807, 2.05) is 12.2 Å². The lowest BCUT2D eigenvalue weighted by molar-refractivity contribution is -0.188. The molecule has 0 spiro atoms. The highest BCUT2D eigenvalue weighted by atomic mass is 16.8. The lowest BCUT2D eigenvalue weighted by atomic mass is 10.1. The van der Waals surface area contributed by atoms with Gasteiger partial charge in [-0.15, -0.1) is 0 Å². The summed E-state index contributed by atoms with van der Waals surface area (Å²) in [5.74, 6) is 0. The first kappa shape index (κ1) is 72.2. The van der Waals surface area contributed by atoms with Crippen LogP contribution in [0.2, 0.25) is 0 Å². The third-order valence-electron chi connectivity index (χ3n) is 14.6. The van der Waals surface area contributed by atoms with Crippen LogP contribution >= 0.6 is 0 Å². The van der Waals surface area contributed by atoms with E-state index < -0.39 is 12.6 Å². The highest BCUT2D eigenvalue weighted by molar-refractivity contribution is 4.89. The first-order valence-corrected chi connectivity index (χ1v) is 32.7. The predicted molar refractivity (Wildman–Crippen MR) is 317 cm³/mol. The SMILES string of the molecule is CCCCCCCCCCOC(CCCCCCCCC=CC(OC)OC(C=CCCCCCCCCC(OCCCCCCCCCC)OCCCCCCCCCC)OC)OCCCCCCCCCC. The van der Waals surface area contributed by atoms with Crippen molar-refractivity contribution in [1.29, 1.82) is 0 Å². The normalized spacial score (nSPS) is 13.0. The summed E-state index contributed by atoms with van der Waals surface area (Å²) in [6.45, 7) is 12.5. The molecule has 0 aromatic rings. The van der Waals surface area contributed by atoms with Crippen LogP contribution in [0.4, 0.5) is 0 Å². The van der Waals surface area contributed by atoms with Crippen LogP contribution in [0.1, 0.15) is 336 Å². The Morgan fingerprint density at radius 3 is 0.726 bits per heavy atom. The van der Waals surface area contributed by atoms with Gasteiger partial charge in [0.15, 0.2) is 25.2 Å². The highest BCUT2D eigenvalue weighted by Gasteiger charge is 2.13. The van der Waals surface area contributed by atoms with Crippen molar-refractivity contribution in [2.45, 2.75) is 361 Å². The van der Waals surface area contributed by atoms with Crippen LogP contribution in [0.25, 0.3) is 0 Å². The maximum Gasteiger partial charge on any atom is 0.179 e. The Bertz CT molecular complexity index is 928. The average Bonchev–Trinajstić information content (AvgIpc) is 3.40. The van der Waals surface area contributed by atoms with Crippen molar-refractivity contribution >= 4 is 0 Å². The lowest BCUT2D eigenvalue weighted by Crippen LogP contribution is -2.22. The van der Waals surface area contributed by atoms with Crippen LogP contribution in [0.15, 0.2) is 24.3 Å². The number of ether oxygens (including phenoxy) is 7. The Labute approximate surface area is 457 Å². The van der Waals surface area contributed by atoms with E-state index in [9.17, 15) is 0 Å². The monoisotopic (exact) mass is 1030 g/mol. The molecule has 436 valence electrons. The fourth-order valence-electron chi connectivity index (χ4n) is 9.70. The molecule has 73 heavy (non-hydrogen) atoms. The van der Waals surface area contributed by atoms with Crippen molar-refractivity contribution in [3.05, 3.63) is 24.3 Å². The zero-order chi connectivity index (χ0) is 52.9. The molecule has 7 nitrogen and oxygen atoms in total. The van der Waals surface area contributed by atoms with E-state index in [0.717, 1.165) is 77.8 Å². The smallest absolute Gasteiger partial charge is 0.179 e. The Morgan fingerprint density at radius 1 is 0.260 bits per heavy atom. The summed E-state index contributed by atoms with van der Waals surface area (Å²) >= 11 is 0. The predicted octanol–water partition coefficient (Wildman–Crippen LogP) is 21.6. The minimum absolute atomic E-state index is 0.0248. The molecule has 0 saturated carbocycles. The van der Waals surface area contributed by atoms with Gasteiger partial charge in [-0.1, -0.05) is 271 Å². The number of unbranched alkanes of at least 4 members (excludes halogenated alkanes) is 40. The van der Waals surface area contributed by atoms with Crippen molar-refractivity contribution < 1.29 is 33.2 Å². The second-order valence-electron chi connectivity index (χ2n) is 21.8. The average molecular weight is 1040 g/mol. The summed E-state index contributed by atoms with van der Waals surface area (Å²) in [6.07, 6.45) is 69.3. The molecule has 0 aromatic carbocycles. The van der Waals surface area contributed by atoms with E-state index in [-0.39, 0.29) is 12.6 Å². The van der Waals surface area contributed by atoms with Crippen molar-refractivity contribution in [3.63, 3.8) is 0 Å². The summed E-state index contributed by atoms with van der Waals surface area (Å²) < 4.78 is 42.6. The summed E-state index contributed by atoms with van der Waals surface area (Å²) in [7, 11) is 3.41. The molecule has 0 aliphatic carbocycles. The van der Waals surface area contributed by atoms with Gasteiger partial charge in [0.1, 0.15) is 0 Å². The Kier molecular flexibility index (Phi) is 63.0. The van der Waals surface area contributed by atoms with Crippen molar-refractivity contribution in [3.8, 4) is 0 Å². The van der Waals surface area contributed by atoms with E-state index in [2.05, 4.69) is 39.8 Å². The van der Waals surface area contributed by atoms with Crippen LogP contribution < -0.4 is 0 Å². The van der Waals surface area contributed by atoms with Crippen LogP contribution in [0.3, 0.4) is 0 Å². The van der Waals surface area contributed by atoms with Crippen LogP contribution in [0.5, 0.6) is 0 Å². The molecule has 0 aliphatic rings. The molecule has 7 heteroatoms. The molecule has 2 atom stereocenters. The first-order valence-electron chi connectivity index (χ1n) is 32.7. The fraction of sp³-hybridized carbons (Fsp3) is 0.939. The molecule has 0 fully saturated rings. The lowest BCUT2D eigenvalue weighted by Gasteiger charge is -2.19. The molecule has 0 N–H and O–H groups in total. The minimum Gasteiger partial charge on any atom is -0.353 e. The van der Waals surface area contributed by atoms with Gasteiger partial charge < -0.3 is 33.2 Å². The molecule has 0 rings (SSSR count). The highest BCUT2D eigenvalue weighted by Crippen LogP contribution is 2.19. The number of allylic oxidation sites excluding steroid dienone is 2. The standard InChI is InChI=1S/C66H130O7/c1-7-11-15-19-23-35-43-51-59-69-65(70-60-52-44-36-24-20-16-12-8-2)57-49-41-33-29-27-31-39-47-55-63(67-5)73-64(68-6)56-48-40-32-28-30-34-42-50-58-66(71-61-53-45-37-25-21-17-13-9-3)72-62-54-46-38-26-22-18-14-10-4/h47-48,55-56,63-66H,7-46,49-54,57-62H2,1-6H3. The maximum absolute atomic E-state index is 6.31. The topological polar surface area (TPSA) is 64.6 Å². The number of rotatable bonds is 64. The van der Waals surface area contributed by atoms with Crippen molar-refractivity contribution in [2.24, 2.45) is 0 Å². The Balaban J connectivity index is 4.30. The molecule has 2 unspecified atom stereocenters. The quantitative estimate of drug-likeness (QED) is 0.0342. The summed E-state index contributed by atoms with van der Waals surface area (Å²) in [5, 5.41) is 0. The van der Waals surface area contributed by atoms with Gasteiger partial charge in [-0.05, 0) is 89.2 Å². The molecule has 0 saturated heterocycles. The number of methoxy groups -OCH3 is 2. The van der Waals surface area contributed by atoms with E-state index in [4.69, 9.17) is 33.2 Å². The minimum atomic E-state index is -0.413. The second kappa shape index (κ2) is 63.7. The van der Waals surface area contributed by atoms with E-state index >= 15 is 0 Å². The molecular formula is C66H130O7. The van der Waals surface area contributed by atoms with Crippen LogP contribution in [-0.2, 0) is 33.2 Å². The Hall–Kier alpha value is -0.800. The fourth-order valence-corrected chi connectivity index (χ4v) is 9.70. The molecule has 0 bridgehead atoms. The van der Waals surface area contributed by atoms with Crippen molar-refractivity contribution in [1.82, 2.24) is 0 Å². The molecule has 0 radical (unpaired) electrons. The molecule has 0 heterocycles. The van der Waals surface area contributed by atoms with Gasteiger partial charge in [0.25, 0.3) is 0 Å². The molecule has 0 amide bonds. The summed E-state index contributed by atoms with van der Waals surface area (Å²) in [4.78, 5) is 0. The van der Waals surface area contributed by atoms with E-state index in [0.29, 0.717) is 0 Å². The zero-order valence-corrected chi connectivity index (χ0v) is 50.2. The first-order chi connectivity index (χ1) is 36.1. The van der Waals surface area contributed by atoms with Gasteiger partial charge in [-0.25, -0.2) is 0 Å². The van der Waals surface area contributed by atoms with Gasteiger partial charge in [-0.2, -0.15) is 0 Å². The maximum atomic E-state index is 6.31. The van der Waals surface area contributed by atoms with Crippen molar-refractivity contribution in [2.75, 3.05) is 40.6 Å². The molecule has 0 aliphatic heterocycles. The summed E-state index contributed by atoms with van der Waals surface area (Å²) in [6, 6.07) is 0. The third kappa shape index (κ3) is 57.2. The van der Waals surface area contributed by atoms with Gasteiger partial charge in [0.2, 0.25) is 0 Å². The number of hydrogen-bond donors (Lipinski definition) is 0. The number of hydrogen-bond acceptors (Lipinski definition) is 7. The van der Waals surface area contributed by atoms with E-state index in [1.54, 1.807) is 14.2 Å². The molecule has 0 aromatic heterocycles. The Morgan fingerprint density at radius 2 is 0.479 bits per heavy atom. The van der Waals surface area contributed by atoms with Gasteiger partial charge in [0, 0.05) is 40.6 Å².